The minimum Gasteiger partial charge on any atom is -0.367 e. The second kappa shape index (κ2) is 7.94. The van der Waals surface area contributed by atoms with Crippen molar-refractivity contribution in [3.63, 3.8) is 0 Å². The molecule has 1 amide bonds. The van der Waals surface area contributed by atoms with Crippen molar-refractivity contribution < 1.29 is 18.0 Å². The summed E-state index contributed by atoms with van der Waals surface area (Å²) in [6.07, 6.45) is -4.43. The predicted octanol–water partition coefficient (Wildman–Crippen LogP) is 3.30. The number of tetrazole rings is 1. The van der Waals surface area contributed by atoms with E-state index in [0.29, 0.717) is 31.2 Å². The third-order valence-corrected chi connectivity index (χ3v) is 5.11. The Morgan fingerprint density at radius 3 is 2.27 bits per heavy atom. The van der Waals surface area contributed by atoms with Gasteiger partial charge in [0.25, 0.3) is 11.7 Å². The molecule has 1 aliphatic rings. The molecular formula is C19H16ClF3N6O. The molecule has 30 heavy (non-hydrogen) atoms. The number of anilines is 1. The molecule has 2 aromatic carbocycles. The number of hydrogen-bond acceptors (Lipinski definition) is 5. The van der Waals surface area contributed by atoms with Crippen molar-refractivity contribution in [2.45, 2.75) is 6.18 Å². The van der Waals surface area contributed by atoms with Gasteiger partial charge in [-0.15, -0.1) is 15.0 Å². The molecule has 11 heteroatoms. The van der Waals surface area contributed by atoms with E-state index in [2.05, 4.69) is 20.3 Å². The molecule has 0 atom stereocenters. The van der Waals surface area contributed by atoms with Gasteiger partial charge in [-0.1, -0.05) is 23.7 Å². The highest BCUT2D eigenvalue weighted by molar-refractivity contribution is 6.33. The normalized spacial score (nSPS) is 14.8. The lowest BCUT2D eigenvalue weighted by Gasteiger charge is -2.35. The van der Waals surface area contributed by atoms with Crippen LogP contribution < -0.4 is 4.90 Å². The maximum absolute atomic E-state index is 12.7. The maximum Gasteiger partial charge on any atom is 0.416 e. The van der Waals surface area contributed by atoms with Gasteiger partial charge in [-0.3, -0.25) is 4.79 Å². The highest BCUT2D eigenvalue weighted by Crippen LogP contribution is 2.29. The van der Waals surface area contributed by atoms with Crippen molar-refractivity contribution in [3.8, 4) is 5.69 Å². The number of amides is 1. The molecule has 1 saturated heterocycles. The maximum atomic E-state index is 12.7. The highest BCUT2D eigenvalue weighted by atomic mass is 35.5. The Labute approximate surface area is 174 Å². The summed E-state index contributed by atoms with van der Waals surface area (Å²) in [4.78, 5) is 17.4. The zero-order valence-corrected chi connectivity index (χ0v) is 16.3. The summed E-state index contributed by atoms with van der Waals surface area (Å²) in [7, 11) is 0. The zero-order chi connectivity index (χ0) is 21.3. The highest BCUT2D eigenvalue weighted by Gasteiger charge is 2.30. The minimum absolute atomic E-state index is 0.110. The fraction of sp³-hybridized carbons (Fsp3) is 0.263. The van der Waals surface area contributed by atoms with Crippen LogP contribution in [0.2, 0.25) is 5.02 Å². The van der Waals surface area contributed by atoms with E-state index in [1.165, 1.54) is 12.1 Å². The minimum atomic E-state index is -4.43. The molecule has 156 valence electrons. The fourth-order valence-corrected chi connectivity index (χ4v) is 3.45. The Morgan fingerprint density at radius 2 is 1.63 bits per heavy atom. The second-order valence-electron chi connectivity index (χ2n) is 6.68. The van der Waals surface area contributed by atoms with Crippen molar-refractivity contribution in [1.29, 1.82) is 0 Å². The Morgan fingerprint density at radius 1 is 0.967 bits per heavy atom. The molecule has 4 rings (SSSR count). The largest absolute Gasteiger partial charge is 0.416 e. The summed E-state index contributed by atoms with van der Waals surface area (Å²) in [5, 5.41) is 12.2. The Bertz CT molecular complexity index is 1040. The third-order valence-electron chi connectivity index (χ3n) is 4.79. The van der Waals surface area contributed by atoms with Crippen LogP contribution in [0.3, 0.4) is 0 Å². The van der Waals surface area contributed by atoms with Crippen LogP contribution in [0.1, 0.15) is 16.2 Å². The van der Waals surface area contributed by atoms with Crippen LogP contribution in [0.4, 0.5) is 18.9 Å². The Balaban J connectivity index is 1.42. The number of nitrogens with zero attached hydrogens (tertiary/aromatic N) is 6. The molecule has 1 fully saturated rings. The molecule has 2 heterocycles. The standard InChI is InChI=1S/C19H16ClF3N6O/c20-15-3-1-2-4-16(15)27-9-11-28(12-10-27)18(30)17-24-26-29(25-17)14-7-5-13(6-8-14)19(21,22)23/h1-8H,9-12H2. The first-order chi connectivity index (χ1) is 14.3. The van der Waals surface area contributed by atoms with E-state index in [9.17, 15) is 18.0 Å². The van der Waals surface area contributed by atoms with Gasteiger partial charge in [-0.2, -0.15) is 13.2 Å². The van der Waals surface area contributed by atoms with Crippen LogP contribution in [-0.2, 0) is 6.18 Å². The summed E-state index contributed by atoms with van der Waals surface area (Å²) in [5.74, 6) is -0.493. The van der Waals surface area contributed by atoms with Crippen molar-refractivity contribution in [3.05, 3.63) is 64.9 Å². The molecule has 1 aliphatic heterocycles. The van der Waals surface area contributed by atoms with E-state index in [4.69, 9.17) is 11.6 Å². The van der Waals surface area contributed by atoms with Crippen molar-refractivity contribution >= 4 is 23.2 Å². The number of carbonyl (C=O) groups is 1. The lowest BCUT2D eigenvalue weighted by Crippen LogP contribution is -2.49. The average molecular weight is 437 g/mol. The number of aromatic nitrogens is 4. The molecule has 0 spiro atoms. The first kappa shape index (κ1) is 20.1. The number of benzene rings is 2. The van der Waals surface area contributed by atoms with Gasteiger partial charge >= 0.3 is 6.18 Å². The van der Waals surface area contributed by atoms with Gasteiger partial charge < -0.3 is 9.80 Å². The molecule has 0 radical (unpaired) electrons. The van der Waals surface area contributed by atoms with E-state index in [1.54, 1.807) is 4.90 Å². The summed E-state index contributed by atoms with van der Waals surface area (Å²) in [6, 6.07) is 11.8. The fourth-order valence-electron chi connectivity index (χ4n) is 3.19. The van der Waals surface area contributed by atoms with Gasteiger partial charge in [-0.05, 0) is 41.6 Å². The van der Waals surface area contributed by atoms with Crippen LogP contribution >= 0.6 is 11.6 Å². The number of halogens is 4. The lowest BCUT2D eigenvalue weighted by atomic mass is 10.2. The lowest BCUT2D eigenvalue weighted by molar-refractivity contribution is -0.137. The molecule has 0 saturated carbocycles. The van der Waals surface area contributed by atoms with E-state index >= 15 is 0 Å². The quantitative estimate of drug-likeness (QED) is 0.630. The predicted molar refractivity (Wildman–Crippen MR) is 104 cm³/mol. The van der Waals surface area contributed by atoms with Crippen LogP contribution in [0.25, 0.3) is 5.69 Å². The summed E-state index contributed by atoms with van der Waals surface area (Å²) >= 11 is 6.23. The van der Waals surface area contributed by atoms with Crippen LogP contribution in [-0.4, -0.2) is 57.2 Å². The Kier molecular flexibility index (Phi) is 5.33. The number of para-hydroxylation sites is 1. The van der Waals surface area contributed by atoms with Gasteiger partial charge in [0.1, 0.15) is 0 Å². The van der Waals surface area contributed by atoms with Gasteiger partial charge in [0.15, 0.2) is 0 Å². The van der Waals surface area contributed by atoms with Crippen LogP contribution in [0, 0.1) is 0 Å². The zero-order valence-electron chi connectivity index (χ0n) is 15.6. The molecule has 0 aliphatic carbocycles. The van der Waals surface area contributed by atoms with Crippen molar-refractivity contribution in [2.75, 3.05) is 31.1 Å². The first-order valence-electron chi connectivity index (χ1n) is 9.09. The summed E-state index contributed by atoms with van der Waals surface area (Å²) in [6.45, 7) is 2.11. The molecule has 1 aromatic heterocycles. The van der Waals surface area contributed by atoms with Crippen LogP contribution in [0.5, 0.6) is 0 Å². The molecule has 0 bridgehead atoms. The molecule has 0 N–H and O–H groups in total. The second-order valence-corrected chi connectivity index (χ2v) is 7.08. The summed E-state index contributed by atoms with van der Waals surface area (Å²) in [5.41, 5.74) is 0.412. The van der Waals surface area contributed by atoms with E-state index in [1.807, 2.05) is 24.3 Å². The monoisotopic (exact) mass is 436 g/mol. The van der Waals surface area contributed by atoms with Gasteiger partial charge in [-0.25, -0.2) is 0 Å². The number of hydrogen-bond donors (Lipinski definition) is 0. The number of rotatable bonds is 3. The number of piperazine rings is 1. The Hall–Kier alpha value is -3.14. The molecule has 3 aromatic rings. The van der Waals surface area contributed by atoms with E-state index < -0.39 is 11.7 Å². The SMILES string of the molecule is O=C(c1nnn(-c2ccc(C(F)(F)F)cc2)n1)N1CCN(c2ccccc2Cl)CC1. The van der Waals surface area contributed by atoms with E-state index in [0.717, 1.165) is 22.6 Å². The number of alkyl halides is 3. The average Bonchev–Trinajstić information content (AvgIpc) is 3.23. The molecular weight excluding hydrogens is 421 g/mol. The smallest absolute Gasteiger partial charge is 0.367 e. The van der Waals surface area contributed by atoms with Crippen LogP contribution in [0.15, 0.2) is 48.5 Å². The van der Waals surface area contributed by atoms with Gasteiger partial charge in [0, 0.05) is 26.2 Å². The third kappa shape index (κ3) is 4.09. The molecule has 0 unspecified atom stereocenters. The van der Waals surface area contributed by atoms with Crippen molar-refractivity contribution in [1.82, 2.24) is 25.1 Å². The van der Waals surface area contributed by atoms with Gasteiger partial charge in [0.05, 0.1) is 22.0 Å². The molecule has 7 nitrogen and oxygen atoms in total. The van der Waals surface area contributed by atoms with E-state index in [-0.39, 0.29) is 17.4 Å². The van der Waals surface area contributed by atoms with Gasteiger partial charge in [0.2, 0.25) is 0 Å². The summed E-state index contributed by atoms with van der Waals surface area (Å²) < 4.78 is 38.1. The topological polar surface area (TPSA) is 67.2 Å². The van der Waals surface area contributed by atoms with Crippen molar-refractivity contribution in [2.24, 2.45) is 0 Å². The number of carbonyl (C=O) groups excluding carboxylic acids is 1. The first-order valence-corrected chi connectivity index (χ1v) is 9.47.